The van der Waals surface area contributed by atoms with Gasteiger partial charge in [0.2, 0.25) is 0 Å². The van der Waals surface area contributed by atoms with Crippen LogP contribution in [0.3, 0.4) is 0 Å². The van der Waals surface area contributed by atoms with Crippen LogP contribution < -0.4 is 0 Å². The Morgan fingerprint density at radius 2 is 1.67 bits per heavy atom. The molecule has 0 saturated heterocycles. The highest BCUT2D eigenvalue weighted by Crippen LogP contribution is 2.26. The lowest BCUT2D eigenvalue weighted by molar-refractivity contribution is 0.476. The molecule has 3 rings (SSSR count). The van der Waals surface area contributed by atoms with Crippen molar-refractivity contribution in [2.45, 2.75) is 0 Å². The molecule has 1 heterocycles. The average Bonchev–Trinajstić information content (AvgIpc) is 2.88. The number of aryl methyl sites for hydroxylation is 1. The van der Waals surface area contributed by atoms with E-state index in [0.717, 1.165) is 5.56 Å². The SMILES string of the molecule is Cn1nc(/C=C/c2ccccc2)nc1-c1ccccc1O. The maximum Gasteiger partial charge on any atom is 0.174 e. The van der Waals surface area contributed by atoms with Crippen LogP contribution in [0, 0.1) is 0 Å². The number of nitrogens with zero attached hydrogens (tertiary/aromatic N) is 3. The summed E-state index contributed by atoms with van der Waals surface area (Å²) < 4.78 is 1.67. The van der Waals surface area contributed by atoms with Gasteiger partial charge in [0.05, 0.1) is 5.56 Å². The quantitative estimate of drug-likeness (QED) is 0.798. The minimum atomic E-state index is 0.201. The van der Waals surface area contributed by atoms with Crippen molar-refractivity contribution in [1.29, 1.82) is 0 Å². The Hall–Kier alpha value is -2.88. The predicted molar refractivity (Wildman–Crippen MR) is 83.5 cm³/mol. The molecule has 104 valence electrons. The summed E-state index contributed by atoms with van der Waals surface area (Å²) in [5.74, 6) is 1.45. The Labute approximate surface area is 123 Å². The Kier molecular flexibility index (Phi) is 3.51. The van der Waals surface area contributed by atoms with Gasteiger partial charge in [-0.25, -0.2) is 9.67 Å². The Bertz CT molecular complexity index is 776. The summed E-state index contributed by atoms with van der Waals surface area (Å²) in [6, 6.07) is 17.1. The number of phenolic OH excluding ortho intramolecular Hbond substituents is 1. The third kappa shape index (κ3) is 2.84. The lowest BCUT2D eigenvalue weighted by atomic mass is 10.2. The third-order valence-electron chi connectivity index (χ3n) is 3.15. The van der Waals surface area contributed by atoms with Crippen LogP contribution in [0.25, 0.3) is 23.5 Å². The molecule has 4 nitrogen and oxygen atoms in total. The normalized spacial score (nSPS) is 11.1. The van der Waals surface area contributed by atoms with Gasteiger partial charge < -0.3 is 5.11 Å². The molecule has 0 aliphatic heterocycles. The molecule has 1 N–H and O–H groups in total. The van der Waals surface area contributed by atoms with Crippen LogP contribution in [0.5, 0.6) is 5.75 Å². The smallest absolute Gasteiger partial charge is 0.174 e. The molecule has 0 aliphatic rings. The van der Waals surface area contributed by atoms with E-state index in [-0.39, 0.29) is 5.75 Å². The highest BCUT2D eigenvalue weighted by atomic mass is 16.3. The summed E-state index contributed by atoms with van der Waals surface area (Å²) in [6.45, 7) is 0. The van der Waals surface area contributed by atoms with Crippen molar-refractivity contribution in [2.75, 3.05) is 0 Å². The highest BCUT2D eigenvalue weighted by molar-refractivity contribution is 5.69. The largest absolute Gasteiger partial charge is 0.507 e. The van der Waals surface area contributed by atoms with Crippen LogP contribution in [-0.2, 0) is 7.05 Å². The number of para-hydroxylation sites is 1. The van der Waals surface area contributed by atoms with Crippen molar-refractivity contribution in [3.8, 4) is 17.1 Å². The monoisotopic (exact) mass is 277 g/mol. The molecule has 0 fully saturated rings. The molecule has 0 spiro atoms. The van der Waals surface area contributed by atoms with Crippen molar-refractivity contribution < 1.29 is 5.11 Å². The van der Waals surface area contributed by atoms with E-state index in [2.05, 4.69) is 10.1 Å². The van der Waals surface area contributed by atoms with Crippen LogP contribution in [0.1, 0.15) is 11.4 Å². The molecular formula is C17H15N3O. The zero-order chi connectivity index (χ0) is 14.7. The van der Waals surface area contributed by atoms with Gasteiger partial charge in [0, 0.05) is 7.05 Å². The molecule has 4 heteroatoms. The number of rotatable bonds is 3. The minimum Gasteiger partial charge on any atom is -0.507 e. The molecule has 0 unspecified atom stereocenters. The molecule has 0 amide bonds. The molecule has 0 saturated carbocycles. The van der Waals surface area contributed by atoms with Gasteiger partial charge in [0.1, 0.15) is 5.75 Å². The van der Waals surface area contributed by atoms with E-state index in [1.165, 1.54) is 0 Å². The first-order valence-electron chi connectivity index (χ1n) is 6.66. The fourth-order valence-electron chi connectivity index (χ4n) is 2.11. The fourth-order valence-corrected chi connectivity index (χ4v) is 2.11. The number of aromatic hydroxyl groups is 1. The topological polar surface area (TPSA) is 50.9 Å². The maximum absolute atomic E-state index is 9.91. The fraction of sp³-hybridized carbons (Fsp3) is 0.0588. The summed E-state index contributed by atoms with van der Waals surface area (Å²) in [7, 11) is 1.81. The molecule has 2 aromatic carbocycles. The van der Waals surface area contributed by atoms with Gasteiger partial charge >= 0.3 is 0 Å². The molecule has 1 aromatic heterocycles. The molecule has 0 aliphatic carbocycles. The van der Waals surface area contributed by atoms with Crippen molar-refractivity contribution in [2.24, 2.45) is 7.05 Å². The van der Waals surface area contributed by atoms with Gasteiger partial charge in [-0.2, -0.15) is 5.10 Å². The van der Waals surface area contributed by atoms with Gasteiger partial charge in [-0.1, -0.05) is 48.5 Å². The van der Waals surface area contributed by atoms with Crippen LogP contribution in [0.15, 0.2) is 54.6 Å². The molecule has 0 bridgehead atoms. The average molecular weight is 277 g/mol. The van der Waals surface area contributed by atoms with Gasteiger partial charge in [0.25, 0.3) is 0 Å². The van der Waals surface area contributed by atoms with Crippen molar-refractivity contribution in [3.63, 3.8) is 0 Å². The van der Waals surface area contributed by atoms with Gasteiger partial charge in [-0.05, 0) is 23.8 Å². The van der Waals surface area contributed by atoms with Crippen LogP contribution in [-0.4, -0.2) is 19.9 Å². The second-order valence-corrected chi connectivity index (χ2v) is 4.68. The molecule has 3 aromatic rings. The van der Waals surface area contributed by atoms with Crippen molar-refractivity contribution in [1.82, 2.24) is 14.8 Å². The van der Waals surface area contributed by atoms with E-state index in [1.54, 1.807) is 16.8 Å². The van der Waals surface area contributed by atoms with E-state index < -0.39 is 0 Å². The van der Waals surface area contributed by atoms with Gasteiger partial charge in [-0.3, -0.25) is 0 Å². The summed E-state index contributed by atoms with van der Waals surface area (Å²) in [5.41, 5.74) is 1.76. The van der Waals surface area contributed by atoms with Crippen LogP contribution >= 0.6 is 0 Å². The van der Waals surface area contributed by atoms with Gasteiger partial charge in [0.15, 0.2) is 11.6 Å². The molecule has 0 radical (unpaired) electrons. The van der Waals surface area contributed by atoms with Crippen molar-refractivity contribution in [3.05, 3.63) is 66.0 Å². The van der Waals surface area contributed by atoms with E-state index in [9.17, 15) is 5.11 Å². The zero-order valence-electron chi connectivity index (χ0n) is 11.6. The minimum absolute atomic E-state index is 0.201. The number of hydrogen-bond donors (Lipinski definition) is 1. The highest BCUT2D eigenvalue weighted by Gasteiger charge is 2.11. The number of aromatic nitrogens is 3. The second-order valence-electron chi connectivity index (χ2n) is 4.68. The standard InChI is InChI=1S/C17H15N3O/c1-20-17(14-9-5-6-10-15(14)21)18-16(19-20)12-11-13-7-3-2-4-8-13/h2-12,21H,1H3/b12-11+. The van der Waals surface area contributed by atoms with E-state index in [1.807, 2.05) is 61.7 Å². The Morgan fingerprint density at radius 3 is 2.43 bits per heavy atom. The lowest BCUT2D eigenvalue weighted by Gasteiger charge is -2.01. The third-order valence-corrected chi connectivity index (χ3v) is 3.15. The van der Waals surface area contributed by atoms with Crippen LogP contribution in [0.2, 0.25) is 0 Å². The first kappa shape index (κ1) is 13.1. The lowest BCUT2D eigenvalue weighted by Crippen LogP contribution is -1.94. The summed E-state index contributed by atoms with van der Waals surface area (Å²) in [4.78, 5) is 4.46. The first-order valence-corrected chi connectivity index (χ1v) is 6.66. The van der Waals surface area contributed by atoms with Crippen molar-refractivity contribution >= 4 is 12.2 Å². The molecule has 0 atom stereocenters. The van der Waals surface area contributed by atoms with Gasteiger partial charge in [-0.15, -0.1) is 0 Å². The zero-order valence-corrected chi connectivity index (χ0v) is 11.6. The summed E-state index contributed by atoms with van der Waals surface area (Å²) >= 11 is 0. The molecule has 21 heavy (non-hydrogen) atoms. The van der Waals surface area contributed by atoms with E-state index >= 15 is 0 Å². The summed E-state index contributed by atoms with van der Waals surface area (Å²) in [6.07, 6.45) is 3.82. The van der Waals surface area contributed by atoms with E-state index in [0.29, 0.717) is 17.2 Å². The first-order chi connectivity index (χ1) is 10.2. The van der Waals surface area contributed by atoms with E-state index in [4.69, 9.17) is 0 Å². The molecular weight excluding hydrogens is 262 g/mol. The summed E-state index contributed by atoms with van der Waals surface area (Å²) in [5, 5.41) is 14.3. The second kappa shape index (κ2) is 5.63. The number of phenols is 1. The number of benzene rings is 2. The number of hydrogen-bond acceptors (Lipinski definition) is 3. The van der Waals surface area contributed by atoms with Crippen LogP contribution in [0.4, 0.5) is 0 Å². The Morgan fingerprint density at radius 1 is 0.952 bits per heavy atom. The predicted octanol–water partition coefficient (Wildman–Crippen LogP) is 3.36. The maximum atomic E-state index is 9.91. The Balaban J connectivity index is 1.92.